The van der Waals surface area contributed by atoms with Crippen LogP contribution in [0.25, 0.3) is 16.5 Å². The Kier molecular flexibility index (Phi) is 6.10. The number of anilines is 1. The van der Waals surface area contributed by atoms with Gasteiger partial charge in [0.1, 0.15) is 12.4 Å². The molecule has 1 saturated heterocycles. The van der Waals surface area contributed by atoms with E-state index in [1.54, 1.807) is 17.4 Å². The molecule has 0 radical (unpaired) electrons. The number of hydrogen-bond donors (Lipinski definition) is 1. The molecule has 1 aromatic carbocycles. The van der Waals surface area contributed by atoms with Gasteiger partial charge in [0, 0.05) is 29.9 Å². The van der Waals surface area contributed by atoms with Crippen molar-refractivity contribution in [1.82, 2.24) is 15.3 Å². The second kappa shape index (κ2) is 9.10. The minimum absolute atomic E-state index is 0.347. The number of rotatable bonds is 7. The number of aromatic nitrogens is 2. The number of benzene rings is 1. The molecule has 1 N–H and O–H groups in total. The fourth-order valence-electron chi connectivity index (χ4n) is 2.72. The number of carbonyl (C=O) groups is 2. The van der Waals surface area contributed by atoms with E-state index in [9.17, 15) is 9.59 Å². The highest BCUT2D eigenvalue weighted by atomic mass is 32.2. The predicted molar refractivity (Wildman–Crippen MR) is 120 cm³/mol. The highest BCUT2D eigenvalue weighted by Gasteiger charge is 2.24. The fourth-order valence-corrected chi connectivity index (χ4v) is 4.11. The maximum absolute atomic E-state index is 11.6. The first-order valence-electron chi connectivity index (χ1n) is 9.13. The molecular formula is C21H18N4O3S2. The van der Waals surface area contributed by atoms with Crippen molar-refractivity contribution in [3.05, 3.63) is 64.6 Å². The van der Waals surface area contributed by atoms with Crippen molar-refractivity contribution in [2.45, 2.75) is 0 Å². The lowest BCUT2D eigenvalue weighted by Crippen LogP contribution is -2.25. The van der Waals surface area contributed by atoms with Crippen LogP contribution >= 0.6 is 23.1 Å². The number of ether oxygens (including phenoxy) is 1. The highest BCUT2D eigenvalue weighted by Crippen LogP contribution is 2.26. The quantitative estimate of drug-likeness (QED) is 0.557. The molecule has 1 aliphatic rings. The molecule has 9 heteroatoms. The standard InChI is InChI=1S/C21H18N4O3S2/c1-25(20-22-12-15(13-23-20)17-3-2-10-29-17)8-9-28-16-6-4-14(5-7-16)11-18-19(26)24-21(27)30-18/h2-7,10-13H,8-9H2,1H3,(H,24,26,27)/b18-11-. The van der Waals surface area contributed by atoms with Gasteiger partial charge in [0.25, 0.3) is 11.1 Å². The lowest BCUT2D eigenvalue weighted by molar-refractivity contribution is -0.115. The zero-order valence-corrected chi connectivity index (χ0v) is 17.7. The Labute approximate surface area is 181 Å². The number of thiophene rings is 1. The van der Waals surface area contributed by atoms with Gasteiger partial charge in [0.15, 0.2) is 0 Å². The van der Waals surface area contributed by atoms with E-state index < -0.39 is 0 Å². The zero-order valence-electron chi connectivity index (χ0n) is 16.1. The van der Waals surface area contributed by atoms with Crippen LogP contribution in [0.4, 0.5) is 10.7 Å². The zero-order chi connectivity index (χ0) is 20.9. The van der Waals surface area contributed by atoms with Crippen molar-refractivity contribution in [2.75, 3.05) is 25.1 Å². The minimum Gasteiger partial charge on any atom is -0.492 e. The minimum atomic E-state index is -0.362. The van der Waals surface area contributed by atoms with Crippen molar-refractivity contribution in [3.63, 3.8) is 0 Å². The van der Waals surface area contributed by atoms with Crippen LogP contribution in [0.15, 0.2) is 59.1 Å². The number of nitrogens with one attached hydrogen (secondary N) is 1. The second-order valence-electron chi connectivity index (χ2n) is 6.44. The van der Waals surface area contributed by atoms with E-state index in [4.69, 9.17) is 4.74 Å². The van der Waals surface area contributed by atoms with Crippen LogP contribution < -0.4 is 15.0 Å². The molecule has 0 saturated carbocycles. The third-order valence-electron chi connectivity index (χ3n) is 4.30. The van der Waals surface area contributed by atoms with E-state index in [-0.39, 0.29) is 11.1 Å². The summed E-state index contributed by atoms with van der Waals surface area (Å²) in [5.41, 5.74) is 1.83. The summed E-state index contributed by atoms with van der Waals surface area (Å²) in [6.45, 7) is 1.10. The number of likely N-dealkylation sites (N-methyl/N-ethyl adjacent to an activating group) is 1. The highest BCUT2D eigenvalue weighted by molar-refractivity contribution is 8.18. The van der Waals surface area contributed by atoms with Gasteiger partial charge in [0.2, 0.25) is 5.95 Å². The Morgan fingerprint density at radius 1 is 1.13 bits per heavy atom. The maximum atomic E-state index is 11.6. The van der Waals surface area contributed by atoms with Crippen LogP contribution in [-0.4, -0.2) is 41.3 Å². The van der Waals surface area contributed by atoms with E-state index >= 15 is 0 Å². The van der Waals surface area contributed by atoms with E-state index in [0.29, 0.717) is 24.0 Å². The summed E-state index contributed by atoms with van der Waals surface area (Å²) in [5.74, 6) is 1.00. The molecule has 0 aliphatic carbocycles. The van der Waals surface area contributed by atoms with Crippen LogP contribution in [0.3, 0.4) is 0 Å². The van der Waals surface area contributed by atoms with E-state index in [1.165, 1.54) is 0 Å². The number of carbonyl (C=O) groups excluding carboxylic acids is 2. The van der Waals surface area contributed by atoms with Gasteiger partial charge in [0.05, 0.1) is 11.4 Å². The smallest absolute Gasteiger partial charge is 0.290 e. The summed E-state index contributed by atoms with van der Waals surface area (Å²) in [4.78, 5) is 35.1. The monoisotopic (exact) mass is 438 g/mol. The molecule has 3 aromatic rings. The molecule has 0 unspecified atom stereocenters. The molecule has 4 rings (SSSR count). The van der Waals surface area contributed by atoms with Gasteiger partial charge in [-0.05, 0) is 47.0 Å². The molecule has 0 bridgehead atoms. The van der Waals surface area contributed by atoms with Gasteiger partial charge < -0.3 is 9.64 Å². The molecule has 0 atom stereocenters. The third-order valence-corrected chi connectivity index (χ3v) is 6.03. The van der Waals surface area contributed by atoms with Crippen molar-refractivity contribution >= 4 is 46.3 Å². The Balaban J connectivity index is 1.28. The Morgan fingerprint density at radius 3 is 2.53 bits per heavy atom. The summed E-state index contributed by atoms with van der Waals surface area (Å²) >= 11 is 2.56. The molecule has 3 heterocycles. The number of thioether (sulfide) groups is 1. The topological polar surface area (TPSA) is 84.4 Å². The molecule has 2 amide bonds. The molecule has 152 valence electrons. The first-order valence-corrected chi connectivity index (χ1v) is 10.8. The van der Waals surface area contributed by atoms with Crippen LogP contribution in [0.1, 0.15) is 5.56 Å². The average Bonchev–Trinajstić information content (AvgIpc) is 3.39. The molecule has 0 spiro atoms. The number of hydrogen-bond acceptors (Lipinski definition) is 8. The SMILES string of the molecule is CN(CCOc1ccc(/C=C2\SC(=O)NC2=O)cc1)c1ncc(-c2cccs2)cn1. The molecular weight excluding hydrogens is 420 g/mol. The average molecular weight is 439 g/mol. The van der Waals surface area contributed by atoms with Crippen LogP contribution in [0.5, 0.6) is 5.75 Å². The largest absolute Gasteiger partial charge is 0.492 e. The van der Waals surface area contributed by atoms with Crippen LogP contribution in [0.2, 0.25) is 0 Å². The van der Waals surface area contributed by atoms with Gasteiger partial charge in [-0.3, -0.25) is 14.9 Å². The molecule has 2 aromatic heterocycles. The van der Waals surface area contributed by atoms with Crippen molar-refractivity contribution in [3.8, 4) is 16.2 Å². The summed E-state index contributed by atoms with van der Waals surface area (Å²) in [6, 6.07) is 11.4. The normalized spacial score (nSPS) is 14.8. The predicted octanol–water partition coefficient (Wildman–Crippen LogP) is 4.04. The summed E-state index contributed by atoms with van der Waals surface area (Å²) in [7, 11) is 1.92. The third kappa shape index (κ3) is 4.87. The van der Waals surface area contributed by atoms with Gasteiger partial charge in [-0.1, -0.05) is 18.2 Å². The number of nitrogens with zero attached hydrogens (tertiary/aromatic N) is 3. The van der Waals surface area contributed by atoms with Crippen LogP contribution in [0, 0.1) is 0 Å². The fraction of sp³-hybridized carbons (Fsp3) is 0.143. The van der Waals surface area contributed by atoms with Crippen molar-refractivity contribution in [1.29, 1.82) is 0 Å². The van der Waals surface area contributed by atoms with E-state index in [2.05, 4.69) is 15.3 Å². The maximum Gasteiger partial charge on any atom is 0.290 e. The van der Waals surface area contributed by atoms with Gasteiger partial charge >= 0.3 is 0 Å². The van der Waals surface area contributed by atoms with Crippen molar-refractivity contribution < 1.29 is 14.3 Å². The Morgan fingerprint density at radius 2 is 1.90 bits per heavy atom. The Bertz CT molecular complexity index is 1060. The van der Waals surface area contributed by atoms with Gasteiger partial charge in [-0.2, -0.15) is 0 Å². The van der Waals surface area contributed by atoms with E-state index in [1.807, 2.05) is 66.1 Å². The molecule has 1 aliphatic heterocycles. The first-order chi connectivity index (χ1) is 14.6. The molecule has 7 nitrogen and oxygen atoms in total. The van der Waals surface area contributed by atoms with Crippen LogP contribution in [-0.2, 0) is 4.79 Å². The molecule has 30 heavy (non-hydrogen) atoms. The lowest BCUT2D eigenvalue weighted by atomic mass is 10.2. The first kappa shape index (κ1) is 20.1. The number of imide groups is 1. The second-order valence-corrected chi connectivity index (χ2v) is 8.40. The summed E-state index contributed by atoms with van der Waals surface area (Å²) in [5, 5.41) is 3.92. The van der Waals surface area contributed by atoms with E-state index in [0.717, 1.165) is 33.5 Å². The molecule has 1 fully saturated rings. The van der Waals surface area contributed by atoms with Crippen molar-refractivity contribution in [2.24, 2.45) is 0 Å². The summed E-state index contributed by atoms with van der Waals surface area (Å²) in [6.07, 6.45) is 5.34. The van der Waals surface area contributed by atoms with Gasteiger partial charge in [-0.25, -0.2) is 9.97 Å². The van der Waals surface area contributed by atoms with Gasteiger partial charge in [-0.15, -0.1) is 11.3 Å². The Hall–Kier alpha value is -3.17. The summed E-state index contributed by atoms with van der Waals surface area (Å²) < 4.78 is 5.79. The lowest BCUT2D eigenvalue weighted by Gasteiger charge is -2.17. The number of amides is 2.